The van der Waals surface area contributed by atoms with Crippen molar-refractivity contribution in [1.82, 2.24) is 0 Å². The van der Waals surface area contributed by atoms with Gasteiger partial charge >= 0.3 is 18.2 Å². The van der Waals surface area contributed by atoms with Crippen LogP contribution in [0.25, 0.3) is 0 Å². The van der Waals surface area contributed by atoms with Gasteiger partial charge in [0.1, 0.15) is 6.61 Å². The standard InChI is InChI=1S/C7H8F8O/c1-2-4(8)6(11,12)16-3-5(9,10)7(13,14)15/h4H,2-3H2,1H3. The molecule has 0 amide bonds. The molecule has 0 fully saturated rings. The second-order valence-electron chi connectivity index (χ2n) is 2.93. The van der Waals surface area contributed by atoms with Gasteiger partial charge in [-0.3, -0.25) is 0 Å². The zero-order valence-electron chi connectivity index (χ0n) is 7.92. The van der Waals surface area contributed by atoms with E-state index in [1.807, 2.05) is 0 Å². The van der Waals surface area contributed by atoms with Crippen LogP contribution >= 0.6 is 0 Å². The van der Waals surface area contributed by atoms with Gasteiger partial charge in [-0.25, -0.2) is 4.39 Å². The summed E-state index contributed by atoms with van der Waals surface area (Å²) in [6.45, 7) is -1.66. The minimum absolute atomic E-state index is 0.773. The Morgan fingerprint density at radius 2 is 1.44 bits per heavy atom. The number of hydrogen-bond donors (Lipinski definition) is 0. The highest BCUT2D eigenvalue weighted by Gasteiger charge is 2.59. The first-order chi connectivity index (χ1) is 6.94. The van der Waals surface area contributed by atoms with Gasteiger partial charge < -0.3 is 4.74 Å². The van der Waals surface area contributed by atoms with Crippen LogP contribution in [0, 0.1) is 0 Å². The molecule has 0 heterocycles. The Kier molecular flexibility index (Phi) is 4.55. The number of ether oxygens (including phenoxy) is 1. The molecule has 0 bridgehead atoms. The summed E-state index contributed by atoms with van der Waals surface area (Å²) < 4.78 is 99.1. The molecule has 0 radical (unpaired) electrons. The minimum Gasteiger partial charge on any atom is -0.311 e. The van der Waals surface area contributed by atoms with Gasteiger partial charge in [-0.1, -0.05) is 6.92 Å². The summed E-state index contributed by atoms with van der Waals surface area (Å²) in [6, 6.07) is 0. The molecule has 0 saturated carbocycles. The number of rotatable bonds is 5. The molecular weight excluding hydrogens is 252 g/mol. The molecule has 0 spiro atoms. The fourth-order valence-corrected chi connectivity index (χ4v) is 0.597. The summed E-state index contributed by atoms with van der Waals surface area (Å²) in [5.41, 5.74) is 0. The van der Waals surface area contributed by atoms with Crippen molar-refractivity contribution in [3.63, 3.8) is 0 Å². The maximum absolute atomic E-state index is 12.4. The van der Waals surface area contributed by atoms with Crippen LogP contribution in [-0.4, -0.2) is 31.0 Å². The lowest BCUT2D eigenvalue weighted by atomic mass is 10.3. The van der Waals surface area contributed by atoms with Crippen LogP contribution in [0.15, 0.2) is 0 Å². The Morgan fingerprint density at radius 1 is 1.00 bits per heavy atom. The van der Waals surface area contributed by atoms with Gasteiger partial charge in [0.25, 0.3) is 0 Å². The molecule has 0 saturated heterocycles. The van der Waals surface area contributed by atoms with E-state index >= 15 is 0 Å². The van der Waals surface area contributed by atoms with Crippen molar-refractivity contribution in [1.29, 1.82) is 0 Å². The van der Waals surface area contributed by atoms with Crippen molar-refractivity contribution >= 4 is 0 Å². The second-order valence-corrected chi connectivity index (χ2v) is 2.93. The third-order valence-corrected chi connectivity index (χ3v) is 1.58. The third kappa shape index (κ3) is 3.76. The fraction of sp³-hybridized carbons (Fsp3) is 1.00. The molecule has 98 valence electrons. The fourth-order valence-electron chi connectivity index (χ4n) is 0.597. The van der Waals surface area contributed by atoms with Crippen molar-refractivity contribution in [2.45, 2.75) is 37.7 Å². The lowest BCUT2D eigenvalue weighted by molar-refractivity contribution is -0.343. The van der Waals surface area contributed by atoms with Crippen LogP contribution in [0.1, 0.15) is 13.3 Å². The Balaban J connectivity index is 4.45. The number of halogens is 8. The van der Waals surface area contributed by atoms with Crippen molar-refractivity contribution in [2.75, 3.05) is 6.61 Å². The Morgan fingerprint density at radius 3 is 1.75 bits per heavy atom. The maximum Gasteiger partial charge on any atom is 0.455 e. The topological polar surface area (TPSA) is 9.23 Å². The molecule has 1 nitrogen and oxygen atoms in total. The molecule has 0 aromatic carbocycles. The molecule has 16 heavy (non-hydrogen) atoms. The van der Waals surface area contributed by atoms with Gasteiger partial charge in [0.2, 0.25) is 0 Å². The third-order valence-electron chi connectivity index (χ3n) is 1.58. The van der Waals surface area contributed by atoms with Crippen LogP contribution in [0.2, 0.25) is 0 Å². The first kappa shape index (κ1) is 15.4. The lowest BCUT2D eigenvalue weighted by Gasteiger charge is -2.24. The monoisotopic (exact) mass is 260 g/mol. The Bertz CT molecular complexity index is 223. The van der Waals surface area contributed by atoms with Crippen LogP contribution in [0.3, 0.4) is 0 Å². The van der Waals surface area contributed by atoms with Gasteiger partial charge in [0.15, 0.2) is 6.17 Å². The maximum atomic E-state index is 12.4. The summed E-state index contributed by atoms with van der Waals surface area (Å²) in [7, 11) is 0. The van der Waals surface area contributed by atoms with E-state index in [0.717, 1.165) is 6.92 Å². The summed E-state index contributed by atoms with van der Waals surface area (Å²) in [4.78, 5) is 0. The highest BCUT2D eigenvalue weighted by Crippen LogP contribution is 2.37. The van der Waals surface area contributed by atoms with E-state index in [-0.39, 0.29) is 0 Å². The summed E-state index contributed by atoms with van der Waals surface area (Å²) in [6.07, 6.45) is -14.4. The van der Waals surface area contributed by atoms with E-state index in [1.165, 1.54) is 0 Å². The molecular formula is C7H8F8O. The van der Waals surface area contributed by atoms with Gasteiger partial charge in [-0.2, -0.15) is 30.7 Å². The molecule has 0 aliphatic rings. The van der Waals surface area contributed by atoms with Gasteiger partial charge in [-0.05, 0) is 6.42 Å². The molecule has 0 aliphatic heterocycles. The average molecular weight is 260 g/mol. The first-order valence-corrected chi connectivity index (χ1v) is 4.04. The van der Waals surface area contributed by atoms with Crippen LogP contribution < -0.4 is 0 Å². The zero-order chi connectivity index (χ0) is 13.2. The lowest BCUT2D eigenvalue weighted by Crippen LogP contribution is -2.45. The van der Waals surface area contributed by atoms with Gasteiger partial charge in [-0.15, -0.1) is 0 Å². The van der Waals surface area contributed by atoms with Crippen molar-refractivity contribution in [3.8, 4) is 0 Å². The van der Waals surface area contributed by atoms with Gasteiger partial charge in [0.05, 0.1) is 0 Å². The molecule has 0 rings (SSSR count). The normalized spacial score (nSPS) is 16.3. The summed E-state index contributed by atoms with van der Waals surface area (Å²) in [5, 5.41) is 0. The van der Waals surface area contributed by atoms with Gasteiger partial charge in [0, 0.05) is 0 Å². The molecule has 0 aromatic heterocycles. The van der Waals surface area contributed by atoms with E-state index < -0.39 is 37.4 Å². The van der Waals surface area contributed by atoms with E-state index in [0.29, 0.717) is 0 Å². The quantitative estimate of drug-likeness (QED) is 0.687. The SMILES string of the molecule is CCC(F)C(F)(F)OCC(F)(F)C(F)(F)F. The smallest absolute Gasteiger partial charge is 0.311 e. The van der Waals surface area contributed by atoms with Crippen LogP contribution in [0.5, 0.6) is 0 Å². The molecule has 1 atom stereocenters. The summed E-state index contributed by atoms with van der Waals surface area (Å²) >= 11 is 0. The molecule has 1 unspecified atom stereocenters. The molecule has 9 heteroatoms. The highest BCUT2D eigenvalue weighted by molar-refractivity contribution is 4.77. The molecule has 0 aromatic rings. The zero-order valence-corrected chi connectivity index (χ0v) is 7.92. The van der Waals surface area contributed by atoms with E-state index in [1.54, 1.807) is 0 Å². The second kappa shape index (κ2) is 4.72. The van der Waals surface area contributed by atoms with E-state index in [4.69, 9.17) is 0 Å². The first-order valence-electron chi connectivity index (χ1n) is 4.04. The molecule has 0 aliphatic carbocycles. The predicted molar refractivity (Wildman–Crippen MR) is 37.1 cm³/mol. The summed E-state index contributed by atoms with van der Waals surface area (Å²) in [5.74, 6) is -5.44. The van der Waals surface area contributed by atoms with Crippen molar-refractivity contribution < 1.29 is 39.9 Å². The predicted octanol–water partition coefficient (Wildman–Crippen LogP) is 3.54. The molecule has 0 N–H and O–H groups in total. The van der Waals surface area contributed by atoms with Crippen LogP contribution in [0.4, 0.5) is 35.1 Å². The number of alkyl halides is 8. The largest absolute Gasteiger partial charge is 0.455 e. The highest BCUT2D eigenvalue weighted by atomic mass is 19.4. The number of hydrogen-bond acceptors (Lipinski definition) is 1. The van der Waals surface area contributed by atoms with Crippen molar-refractivity contribution in [3.05, 3.63) is 0 Å². The average Bonchev–Trinajstić information content (AvgIpc) is 2.12. The van der Waals surface area contributed by atoms with Crippen molar-refractivity contribution in [2.24, 2.45) is 0 Å². The van der Waals surface area contributed by atoms with E-state index in [2.05, 4.69) is 4.74 Å². The Hall–Kier alpha value is -0.600. The van der Waals surface area contributed by atoms with Crippen LogP contribution in [-0.2, 0) is 4.74 Å². The Labute approximate surface area is 85.4 Å². The van der Waals surface area contributed by atoms with E-state index in [9.17, 15) is 35.1 Å². The minimum atomic E-state index is -6.01.